The third-order valence-corrected chi connectivity index (χ3v) is 12.8. The number of aliphatic imine (C=N–C) groups is 1. The second-order valence-corrected chi connectivity index (χ2v) is 14.7. The van der Waals surface area contributed by atoms with Crippen LogP contribution in [0.1, 0.15) is 83.8 Å². The molecular weight excluding hydrogens is 566 g/mol. The summed E-state index contributed by atoms with van der Waals surface area (Å²) in [5.41, 5.74) is -2.05. The molecule has 1 aromatic rings. The number of carbonyl (C=O) groups excluding carboxylic acids is 1. The maximum Gasteiger partial charge on any atom is 0.331 e. The Kier molecular flexibility index (Phi) is 7.66. The molecule has 44 heavy (non-hydrogen) atoms. The SMILES string of the molecule is C[C@@H]1O[C@H](O[C@@H]2CC[C@]3(C=NCc4ccco4)[C@H]4CC[C@]5(C)[C@H](C6=CC(=O)OC6)CC[C@]5(O)[C@@H]4CC[C@]3(O)C2)C[C@@H](O)[C@@H]1O. The van der Waals surface area contributed by atoms with Crippen LogP contribution in [-0.4, -0.2) is 81.1 Å². The largest absolute Gasteiger partial charge is 0.467 e. The van der Waals surface area contributed by atoms with Gasteiger partial charge in [0.15, 0.2) is 6.29 Å². The van der Waals surface area contributed by atoms with Crippen molar-refractivity contribution in [2.75, 3.05) is 6.61 Å². The van der Waals surface area contributed by atoms with Crippen LogP contribution in [0.5, 0.6) is 0 Å². The van der Waals surface area contributed by atoms with E-state index in [9.17, 15) is 25.2 Å². The molecule has 4 N–H and O–H groups in total. The van der Waals surface area contributed by atoms with Crippen molar-refractivity contribution < 1.29 is 43.8 Å². The van der Waals surface area contributed by atoms with Gasteiger partial charge in [-0.3, -0.25) is 4.99 Å². The summed E-state index contributed by atoms with van der Waals surface area (Å²) in [6.45, 7) is 4.61. The molecular formula is C34H47NO9. The molecule has 0 radical (unpaired) electrons. The van der Waals surface area contributed by atoms with Gasteiger partial charge in [-0.1, -0.05) is 6.92 Å². The number of nitrogens with zero attached hydrogens (tertiary/aromatic N) is 1. The molecule has 0 unspecified atom stereocenters. The first kappa shape index (κ1) is 30.6. The monoisotopic (exact) mass is 613 g/mol. The maximum atomic E-state index is 12.7. The fourth-order valence-electron chi connectivity index (χ4n) is 10.5. The van der Waals surface area contributed by atoms with Crippen LogP contribution in [0.4, 0.5) is 0 Å². The molecule has 5 fully saturated rings. The van der Waals surface area contributed by atoms with E-state index < -0.39 is 41.2 Å². The van der Waals surface area contributed by atoms with Crippen molar-refractivity contribution in [2.45, 2.75) is 127 Å². The van der Waals surface area contributed by atoms with Crippen LogP contribution in [0.15, 0.2) is 39.5 Å². The van der Waals surface area contributed by atoms with Gasteiger partial charge in [0, 0.05) is 36.0 Å². The third kappa shape index (κ3) is 4.66. The van der Waals surface area contributed by atoms with Gasteiger partial charge in [-0.2, -0.15) is 0 Å². The lowest BCUT2D eigenvalue weighted by molar-refractivity contribution is -0.282. The Bertz CT molecular complexity index is 1290. The number of esters is 1. The lowest BCUT2D eigenvalue weighted by Crippen LogP contribution is -2.69. The van der Waals surface area contributed by atoms with E-state index in [2.05, 4.69) is 6.92 Å². The summed E-state index contributed by atoms with van der Waals surface area (Å²) in [5.74, 6) is 0.569. The summed E-state index contributed by atoms with van der Waals surface area (Å²) in [7, 11) is 0. The second-order valence-electron chi connectivity index (χ2n) is 14.7. The van der Waals surface area contributed by atoms with E-state index >= 15 is 0 Å². The molecule has 1 aromatic heterocycles. The lowest BCUT2D eigenvalue weighted by atomic mass is 9.41. The Morgan fingerprint density at radius 1 is 1.09 bits per heavy atom. The van der Waals surface area contributed by atoms with Crippen LogP contribution < -0.4 is 0 Å². The fourth-order valence-corrected chi connectivity index (χ4v) is 10.5. The molecule has 0 spiro atoms. The Morgan fingerprint density at radius 2 is 1.91 bits per heavy atom. The van der Waals surface area contributed by atoms with E-state index in [0.29, 0.717) is 51.7 Å². The lowest BCUT2D eigenvalue weighted by Gasteiger charge is -2.66. The van der Waals surface area contributed by atoms with Crippen molar-refractivity contribution in [3.63, 3.8) is 0 Å². The van der Waals surface area contributed by atoms with E-state index in [1.54, 1.807) is 19.3 Å². The third-order valence-electron chi connectivity index (χ3n) is 12.8. The van der Waals surface area contributed by atoms with Gasteiger partial charge in [-0.15, -0.1) is 0 Å². The molecule has 12 atom stereocenters. The van der Waals surface area contributed by atoms with Crippen LogP contribution >= 0.6 is 0 Å². The predicted molar refractivity (Wildman–Crippen MR) is 158 cm³/mol. The molecule has 0 amide bonds. The van der Waals surface area contributed by atoms with Crippen LogP contribution in [0.3, 0.4) is 0 Å². The van der Waals surface area contributed by atoms with E-state index in [0.717, 1.165) is 30.6 Å². The zero-order valence-corrected chi connectivity index (χ0v) is 25.8. The molecule has 242 valence electrons. The highest BCUT2D eigenvalue weighted by Crippen LogP contribution is 2.70. The van der Waals surface area contributed by atoms with Gasteiger partial charge < -0.3 is 39.1 Å². The van der Waals surface area contributed by atoms with Crippen molar-refractivity contribution in [1.82, 2.24) is 0 Å². The summed E-state index contributed by atoms with van der Waals surface area (Å²) in [4.78, 5) is 16.8. The number of aliphatic hydroxyl groups is 4. The molecule has 0 bridgehead atoms. The van der Waals surface area contributed by atoms with Gasteiger partial charge in [0.05, 0.1) is 42.3 Å². The van der Waals surface area contributed by atoms with Gasteiger partial charge in [0.2, 0.25) is 0 Å². The molecule has 10 heteroatoms. The highest BCUT2D eigenvalue weighted by atomic mass is 16.7. The molecule has 0 aromatic carbocycles. The number of hydrogen-bond donors (Lipinski definition) is 4. The van der Waals surface area contributed by atoms with E-state index in [1.807, 2.05) is 18.3 Å². The summed E-state index contributed by atoms with van der Waals surface area (Å²) >= 11 is 0. The van der Waals surface area contributed by atoms with E-state index in [4.69, 9.17) is 23.6 Å². The van der Waals surface area contributed by atoms with Crippen LogP contribution in [0.2, 0.25) is 0 Å². The number of cyclic esters (lactones) is 1. The number of furan rings is 1. The average Bonchev–Trinajstić information content (AvgIpc) is 3.71. The molecule has 6 aliphatic rings. The highest BCUT2D eigenvalue weighted by Gasteiger charge is 2.71. The standard InChI is InChI=1S/C34H47NO9/c1-20-30(38)27(36)15-29(43-20)44-22-5-10-32(19-35-17-23-4-3-13-41-23)25-6-9-31(2)24(21-14-28(37)42-18-21)8-12-34(31,40)26(25)7-11-33(32,39)16-22/h3-4,13-14,19-20,22,24-27,29-30,36,38-40H,5-12,15-18H2,1-2H3/t20-,22+,24-,25-,26+,27+,29+,30+,31+,32-,33-,34-/m0/s1. The summed E-state index contributed by atoms with van der Waals surface area (Å²) in [5, 5.41) is 45.8. The Hall–Kier alpha value is -2.08. The predicted octanol–water partition coefficient (Wildman–Crippen LogP) is 3.44. The van der Waals surface area contributed by atoms with Crippen LogP contribution in [-0.2, 0) is 25.5 Å². The van der Waals surface area contributed by atoms with E-state index in [1.165, 1.54) is 0 Å². The summed E-state index contributed by atoms with van der Waals surface area (Å²) < 4.78 is 23.0. The number of rotatable bonds is 6. The first-order chi connectivity index (χ1) is 21.0. The Labute approximate surface area is 258 Å². The van der Waals surface area contributed by atoms with Crippen molar-refractivity contribution >= 4 is 12.2 Å². The molecule has 2 aliphatic heterocycles. The zero-order valence-electron chi connectivity index (χ0n) is 25.8. The first-order valence-corrected chi connectivity index (χ1v) is 16.5. The molecule has 3 heterocycles. The number of ether oxygens (including phenoxy) is 3. The van der Waals surface area contributed by atoms with Gasteiger partial charge in [-0.25, -0.2) is 4.79 Å². The highest BCUT2D eigenvalue weighted by molar-refractivity contribution is 5.85. The number of aliphatic hydroxyl groups excluding tert-OH is 2. The van der Waals surface area contributed by atoms with Crippen molar-refractivity contribution in [3.8, 4) is 0 Å². The van der Waals surface area contributed by atoms with Gasteiger partial charge in [0.25, 0.3) is 0 Å². The maximum absolute atomic E-state index is 12.7. The molecule has 10 nitrogen and oxygen atoms in total. The molecule has 1 saturated heterocycles. The van der Waals surface area contributed by atoms with Crippen LogP contribution in [0, 0.1) is 28.6 Å². The minimum Gasteiger partial charge on any atom is -0.467 e. The average molecular weight is 614 g/mol. The second kappa shape index (κ2) is 11.0. The minimum absolute atomic E-state index is 0.0168. The fraction of sp³-hybridized carbons (Fsp3) is 0.765. The zero-order chi connectivity index (χ0) is 30.9. The number of fused-ring (bicyclic) bond motifs is 5. The molecule has 4 aliphatic carbocycles. The molecule has 4 saturated carbocycles. The minimum atomic E-state index is -1.10. The summed E-state index contributed by atoms with van der Waals surface area (Å²) in [6, 6.07) is 3.74. The summed E-state index contributed by atoms with van der Waals surface area (Å²) in [6.07, 6.45) is 8.14. The number of hydrogen-bond acceptors (Lipinski definition) is 10. The van der Waals surface area contributed by atoms with E-state index in [-0.39, 0.29) is 41.7 Å². The Balaban J connectivity index is 1.17. The van der Waals surface area contributed by atoms with Crippen molar-refractivity contribution in [1.29, 1.82) is 0 Å². The first-order valence-electron chi connectivity index (χ1n) is 16.5. The number of carbonyl (C=O) groups is 1. The van der Waals surface area contributed by atoms with Gasteiger partial charge in [-0.05, 0) is 93.7 Å². The quantitative estimate of drug-likeness (QED) is 0.215. The van der Waals surface area contributed by atoms with Gasteiger partial charge in [0.1, 0.15) is 18.5 Å². The van der Waals surface area contributed by atoms with Crippen molar-refractivity contribution in [3.05, 3.63) is 35.8 Å². The van der Waals surface area contributed by atoms with Crippen molar-refractivity contribution in [2.24, 2.45) is 33.6 Å². The van der Waals surface area contributed by atoms with Crippen LogP contribution in [0.25, 0.3) is 0 Å². The van der Waals surface area contributed by atoms with Gasteiger partial charge >= 0.3 is 5.97 Å². The Morgan fingerprint density at radius 3 is 2.64 bits per heavy atom. The molecule has 7 rings (SSSR count). The topological polar surface area (TPSA) is 151 Å². The normalized spacial score (nSPS) is 48.9. The smallest absolute Gasteiger partial charge is 0.331 e.